The molecule has 2 amide bonds. The largest absolute Gasteiger partial charge is 0.358 e. The number of hydrogen-bond donors (Lipinski definition) is 4. The molecule has 6 nitrogen and oxygen atoms in total. The minimum atomic E-state index is -0.220. The van der Waals surface area contributed by atoms with Crippen LogP contribution in [0.3, 0.4) is 0 Å². The molecule has 1 aromatic rings. The van der Waals surface area contributed by atoms with E-state index in [0.29, 0.717) is 23.0 Å². The van der Waals surface area contributed by atoms with Crippen LogP contribution in [0.25, 0.3) is 0 Å². The molecule has 2 rings (SSSR count). The van der Waals surface area contributed by atoms with E-state index < -0.39 is 0 Å². The monoisotopic (exact) mass is 422 g/mol. The molecule has 1 aliphatic carbocycles. The Labute approximate surface area is 177 Å². The summed E-state index contributed by atoms with van der Waals surface area (Å²) in [7, 11) is 0. The molecule has 4 N–H and O–H groups in total. The molecule has 0 bridgehead atoms. The first-order valence-corrected chi connectivity index (χ1v) is 11.2. The van der Waals surface area contributed by atoms with Gasteiger partial charge in [-0.15, -0.1) is 11.8 Å². The number of carbonyl (C=O) groups excluding carboxylic acids is 2. The van der Waals surface area contributed by atoms with Crippen LogP contribution in [-0.4, -0.2) is 34.5 Å². The van der Waals surface area contributed by atoms with Gasteiger partial charge in [-0.2, -0.15) is 0 Å². The van der Waals surface area contributed by atoms with Crippen LogP contribution in [0.1, 0.15) is 38.7 Å². The summed E-state index contributed by atoms with van der Waals surface area (Å²) in [5.41, 5.74) is 7.18. The van der Waals surface area contributed by atoms with Crippen LogP contribution in [0.5, 0.6) is 0 Å². The zero-order valence-corrected chi connectivity index (χ0v) is 18.3. The third kappa shape index (κ3) is 7.67. The van der Waals surface area contributed by atoms with Crippen molar-refractivity contribution in [2.75, 3.05) is 16.8 Å². The average Bonchev–Trinajstić information content (AvgIpc) is 2.64. The maximum Gasteiger partial charge on any atom is 0.248 e. The van der Waals surface area contributed by atoms with E-state index in [4.69, 9.17) is 12.2 Å². The minimum Gasteiger partial charge on any atom is -0.358 e. The van der Waals surface area contributed by atoms with E-state index in [1.54, 1.807) is 0 Å². The smallest absolute Gasteiger partial charge is 0.248 e. The molecule has 1 aliphatic rings. The number of thioether (sulfide) groups is 1. The number of aryl methyl sites for hydroxylation is 1. The summed E-state index contributed by atoms with van der Waals surface area (Å²) >= 11 is 6.53. The number of hydrazine groups is 1. The van der Waals surface area contributed by atoms with Gasteiger partial charge in [0.2, 0.25) is 11.8 Å². The number of amides is 2. The SMILES string of the molecule is Cc1cccc(NC(=O)CSCC(=O)NNC(=S)N[C@H]2CCC[C@@H](C)[C@@H]2C)c1. The van der Waals surface area contributed by atoms with E-state index in [1.807, 2.05) is 31.2 Å². The molecule has 0 saturated heterocycles. The highest BCUT2D eigenvalue weighted by Gasteiger charge is 2.27. The molecular formula is C20H30N4O2S2. The Bertz CT molecular complexity index is 699. The fourth-order valence-corrected chi connectivity index (χ4v) is 4.13. The molecule has 3 atom stereocenters. The summed E-state index contributed by atoms with van der Waals surface area (Å²) in [4.78, 5) is 23.9. The summed E-state index contributed by atoms with van der Waals surface area (Å²) in [6.07, 6.45) is 3.54. The van der Waals surface area contributed by atoms with Crippen molar-refractivity contribution in [1.82, 2.24) is 16.2 Å². The number of hydrogen-bond acceptors (Lipinski definition) is 4. The highest BCUT2D eigenvalue weighted by Crippen LogP contribution is 2.29. The van der Waals surface area contributed by atoms with Crippen molar-refractivity contribution < 1.29 is 9.59 Å². The van der Waals surface area contributed by atoms with Gasteiger partial charge >= 0.3 is 0 Å². The third-order valence-electron chi connectivity index (χ3n) is 5.11. The first-order valence-electron chi connectivity index (χ1n) is 9.64. The van der Waals surface area contributed by atoms with Gasteiger partial charge in [0.1, 0.15) is 0 Å². The van der Waals surface area contributed by atoms with E-state index in [1.165, 1.54) is 24.6 Å². The van der Waals surface area contributed by atoms with Gasteiger partial charge in [-0.3, -0.25) is 20.4 Å². The summed E-state index contributed by atoms with van der Waals surface area (Å²) < 4.78 is 0. The minimum absolute atomic E-state index is 0.131. The van der Waals surface area contributed by atoms with Crippen LogP contribution in [0.4, 0.5) is 5.69 Å². The molecule has 0 aliphatic heterocycles. The molecule has 0 spiro atoms. The summed E-state index contributed by atoms with van der Waals surface area (Å²) in [5, 5.41) is 6.55. The highest BCUT2D eigenvalue weighted by molar-refractivity contribution is 8.00. The third-order valence-corrected chi connectivity index (χ3v) is 6.26. The van der Waals surface area contributed by atoms with E-state index in [-0.39, 0.29) is 23.3 Å². The second-order valence-electron chi connectivity index (χ2n) is 7.43. The van der Waals surface area contributed by atoms with Crippen molar-refractivity contribution in [1.29, 1.82) is 0 Å². The van der Waals surface area contributed by atoms with E-state index in [9.17, 15) is 9.59 Å². The topological polar surface area (TPSA) is 82.3 Å². The lowest BCUT2D eigenvalue weighted by Crippen LogP contribution is -2.52. The molecule has 0 aromatic heterocycles. The second kappa shape index (κ2) is 11.3. The lowest BCUT2D eigenvalue weighted by atomic mass is 9.78. The van der Waals surface area contributed by atoms with Crippen molar-refractivity contribution >= 4 is 46.6 Å². The van der Waals surface area contributed by atoms with Crippen LogP contribution < -0.4 is 21.5 Å². The number of thiocarbonyl (C=S) groups is 1. The van der Waals surface area contributed by atoms with Crippen molar-refractivity contribution in [3.63, 3.8) is 0 Å². The predicted molar refractivity (Wildman–Crippen MR) is 120 cm³/mol. The molecule has 1 aromatic carbocycles. The second-order valence-corrected chi connectivity index (χ2v) is 8.82. The normalized spacial score (nSPS) is 21.5. The van der Waals surface area contributed by atoms with Crippen LogP contribution in [0, 0.1) is 18.8 Å². The first kappa shape index (κ1) is 22.5. The molecule has 0 unspecified atom stereocenters. The summed E-state index contributed by atoms with van der Waals surface area (Å²) in [5.74, 6) is 1.25. The number of anilines is 1. The van der Waals surface area contributed by atoms with Gasteiger partial charge in [-0.25, -0.2) is 0 Å². The fourth-order valence-electron chi connectivity index (χ4n) is 3.31. The summed E-state index contributed by atoms with van der Waals surface area (Å²) in [6, 6.07) is 7.94. The Morgan fingerprint density at radius 3 is 2.64 bits per heavy atom. The molecule has 0 radical (unpaired) electrons. The van der Waals surface area contributed by atoms with Crippen LogP contribution in [0.15, 0.2) is 24.3 Å². The molecular weight excluding hydrogens is 392 g/mol. The van der Waals surface area contributed by atoms with Gasteiger partial charge < -0.3 is 10.6 Å². The average molecular weight is 423 g/mol. The summed E-state index contributed by atoms with van der Waals surface area (Å²) in [6.45, 7) is 6.47. The molecule has 0 heterocycles. The van der Waals surface area contributed by atoms with Gasteiger partial charge in [0.05, 0.1) is 11.5 Å². The van der Waals surface area contributed by atoms with Gasteiger partial charge in [0.25, 0.3) is 0 Å². The Morgan fingerprint density at radius 2 is 1.89 bits per heavy atom. The Kier molecular flexibility index (Phi) is 9.05. The zero-order valence-electron chi connectivity index (χ0n) is 16.7. The van der Waals surface area contributed by atoms with Crippen molar-refractivity contribution in [3.05, 3.63) is 29.8 Å². The molecule has 8 heteroatoms. The van der Waals surface area contributed by atoms with Crippen molar-refractivity contribution in [2.24, 2.45) is 11.8 Å². The Hall–Kier alpha value is -1.80. The lowest BCUT2D eigenvalue weighted by Gasteiger charge is -2.35. The van der Waals surface area contributed by atoms with Crippen LogP contribution in [0.2, 0.25) is 0 Å². The molecule has 28 heavy (non-hydrogen) atoms. The van der Waals surface area contributed by atoms with Gasteiger partial charge in [-0.1, -0.05) is 38.8 Å². The number of rotatable bonds is 6. The van der Waals surface area contributed by atoms with E-state index in [0.717, 1.165) is 17.7 Å². The Balaban J connectivity index is 1.60. The number of nitrogens with one attached hydrogen (secondary N) is 4. The molecule has 154 valence electrons. The zero-order chi connectivity index (χ0) is 20.5. The van der Waals surface area contributed by atoms with Crippen molar-refractivity contribution in [3.8, 4) is 0 Å². The fraction of sp³-hybridized carbons (Fsp3) is 0.550. The van der Waals surface area contributed by atoms with E-state index >= 15 is 0 Å². The standard InChI is InChI=1S/C20H30N4O2S2/c1-13-6-4-8-16(10-13)21-18(25)11-28-12-19(26)23-24-20(27)22-17-9-5-7-14(2)15(17)3/h4,6,8,10,14-15,17H,5,7,9,11-12H2,1-3H3,(H,21,25)(H,23,26)(H2,22,24,27)/t14-,15+,17+/m1/s1. The van der Waals surface area contributed by atoms with Crippen LogP contribution in [-0.2, 0) is 9.59 Å². The number of benzene rings is 1. The van der Waals surface area contributed by atoms with Gasteiger partial charge in [-0.05, 0) is 55.1 Å². The first-order chi connectivity index (χ1) is 13.3. The van der Waals surface area contributed by atoms with Crippen molar-refractivity contribution in [2.45, 2.75) is 46.1 Å². The van der Waals surface area contributed by atoms with Crippen LogP contribution >= 0.6 is 24.0 Å². The lowest BCUT2D eigenvalue weighted by molar-refractivity contribution is -0.119. The molecule has 1 fully saturated rings. The maximum atomic E-state index is 11.9. The Morgan fingerprint density at radius 1 is 1.14 bits per heavy atom. The van der Waals surface area contributed by atoms with E-state index in [2.05, 4.69) is 35.3 Å². The van der Waals surface area contributed by atoms with Gasteiger partial charge in [0, 0.05) is 11.7 Å². The predicted octanol–water partition coefficient (Wildman–Crippen LogP) is 2.99. The quantitative estimate of drug-likeness (QED) is 0.417. The molecule has 1 saturated carbocycles. The highest BCUT2D eigenvalue weighted by atomic mass is 32.2. The van der Waals surface area contributed by atoms with Gasteiger partial charge in [0.15, 0.2) is 5.11 Å². The number of carbonyl (C=O) groups is 2. The maximum absolute atomic E-state index is 11.9.